The molecule has 0 amide bonds. The summed E-state index contributed by atoms with van der Waals surface area (Å²) in [6.07, 6.45) is 0. The standard InChI is InChI=1S/C16H16N2O/c1-18(2)10-16(19)11-7-8-13-12-5-3-4-6-14(12)17-15(13)9-11/h3-9,17H,10H2,1-2H3. The Morgan fingerprint density at radius 2 is 1.79 bits per heavy atom. The molecule has 0 atom stereocenters. The van der Waals surface area contributed by atoms with Gasteiger partial charge in [0.2, 0.25) is 0 Å². The van der Waals surface area contributed by atoms with Crippen molar-refractivity contribution in [2.75, 3.05) is 20.6 Å². The molecule has 0 aliphatic rings. The van der Waals surface area contributed by atoms with Crippen LogP contribution >= 0.6 is 0 Å². The molecule has 0 saturated carbocycles. The van der Waals surface area contributed by atoms with Crippen LogP contribution in [0.4, 0.5) is 0 Å². The Morgan fingerprint density at radius 3 is 2.58 bits per heavy atom. The Hall–Kier alpha value is -2.13. The van der Waals surface area contributed by atoms with Crippen molar-refractivity contribution >= 4 is 27.6 Å². The van der Waals surface area contributed by atoms with Crippen LogP contribution in [0.5, 0.6) is 0 Å². The van der Waals surface area contributed by atoms with E-state index in [2.05, 4.69) is 17.1 Å². The number of nitrogens with one attached hydrogen (secondary N) is 1. The van der Waals surface area contributed by atoms with Gasteiger partial charge in [-0.05, 0) is 26.2 Å². The lowest BCUT2D eigenvalue weighted by Crippen LogP contribution is -2.21. The number of Topliss-reactive ketones (excluding diaryl/α,β-unsaturated/α-hetero) is 1. The molecule has 19 heavy (non-hydrogen) atoms. The Balaban J connectivity index is 2.11. The van der Waals surface area contributed by atoms with Crippen LogP contribution in [-0.4, -0.2) is 36.3 Å². The molecule has 96 valence electrons. The molecule has 3 rings (SSSR count). The molecule has 0 saturated heterocycles. The summed E-state index contributed by atoms with van der Waals surface area (Å²) in [5, 5.41) is 2.36. The van der Waals surface area contributed by atoms with Crippen LogP contribution in [0.25, 0.3) is 21.8 Å². The molecular formula is C16H16N2O. The maximum atomic E-state index is 12.1. The quantitative estimate of drug-likeness (QED) is 0.727. The smallest absolute Gasteiger partial charge is 0.176 e. The first-order valence-electron chi connectivity index (χ1n) is 6.33. The molecule has 1 heterocycles. The highest BCUT2D eigenvalue weighted by Crippen LogP contribution is 2.25. The summed E-state index contributed by atoms with van der Waals surface area (Å²) in [6, 6.07) is 14.1. The first-order chi connectivity index (χ1) is 9.15. The molecule has 3 nitrogen and oxygen atoms in total. The molecule has 0 bridgehead atoms. The largest absolute Gasteiger partial charge is 0.354 e. The fraction of sp³-hybridized carbons (Fsp3) is 0.188. The minimum absolute atomic E-state index is 0.144. The molecule has 0 unspecified atom stereocenters. The van der Waals surface area contributed by atoms with E-state index in [1.54, 1.807) is 0 Å². The van der Waals surface area contributed by atoms with Crippen LogP contribution in [0.3, 0.4) is 0 Å². The zero-order valence-electron chi connectivity index (χ0n) is 11.1. The molecule has 3 aromatic rings. The summed E-state index contributed by atoms with van der Waals surface area (Å²) in [5.74, 6) is 0.144. The van der Waals surface area contributed by atoms with E-state index >= 15 is 0 Å². The summed E-state index contributed by atoms with van der Waals surface area (Å²) >= 11 is 0. The van der Waals surface area contributed by atoms with Crippen LogP contribution in [0.15, 0.2) is 42.5 Å². The SMILES string of the molecule is CN(C)CC(=O)c1ccc2c(c1)[nH]c1ccccc12. The molecule has 0 fully saturated rings. The fourth-order valence-corrected chi connectivity index (χ4v) is 2.41. The number of rotatable bonds is 3. The van der Waals surface area contributed by atoms with Gasteiger partial charge in [0.15, 0.2) is 5.78 Å². The second kappa shape index (κ2) is 4.52. The minimum atomic E-state index is 0.144. The van der Waals surface area contributed by atoms with Gasteiger partial charge < -0.3 is 9.88 Å². The van der Waals surface area contributed by atoms with Gasteiger partial charge in [0.1, 0.15) is 0 Å². The van der Waals surface area contributed by atoms with E-state index in [0.29, 0.717) is 6.54 Å². The number of aromatic amines is 1. The number of benzene rings is 2. The summed E-state index contributed by atoms with van der Waals surface area (Å²) in [7, 11) is 3.80. The van der Waals surface area contributed by atoms with Gasteiger partial charge in [0.25, 0.3) is 0 Å². The number of H-pyrrole nitrogens is 1. The molecular weight excluding hydrogens is 236 g/mol. The highest BCUT2D eigenvalue weighted by Gasteiger charge is 2.10. The van der Waals surface area contributed by atoms with Crippen molar-refractivity contribution in [2.45, 2.75) is 0 Å². The fourth-order valence-electron chi connectivity index (χ4n) is 2.41. The first-order valence-corrected chi connectivity index (χ1v) is 6.33. The topological polar surface area (TPSA) is 36.1 Å². The second-order valence-electron chi connectivity index (χ2n) is 5.09. The van der Waals surface area contributed by atoms with E-state index in [9.17, 15) is 4.79 Å². The lowest BCUT2D eigenvalue weighted by molar-refractivity contribution is 0.0958. The van der Waals surface area contributed by atoms with Crippen LogP contribution < -0.4 is 0 Å². The van der Waals surface area contributed by atoms with Gasteiger partial charge in [0, 0.05) is 27.4 Å². The Morgan fingerprint density at radius 1 is 1.05 bits per heavy atom. The predicted molar refractivity (Wildman–Crippen MR) is 78.7 cm³/mol. The number of hydrogen-bond acceptors (Lipinski definition) is 2. The Bertz CT molecular complexity index is 756. The van der Waals surface area contributed by atoms with Gasteiger partial charge in [-0.25, -0.2) is 0 Å². The number of para-hydroxylation sites is 1. The van der Waals surface area contributed by atoms with Crippen LogP contribution in [0, 0.1) is 0 Å². The third-order valence-corrected chi connectivity index (χ3v) is 3.29. The average molecular weight is 252 g/mol. The van der Waals surface area contributed by atoms with Crippen molar-refractivity contribution in [3.63, 3.8) is 0 Å². The summed E-state index contributed by atoms with van der Waals surface area (Å²) in [6.45, 7) is 0.436. The third kappa shape index (κ3) is 2.13. The lowest BCUT2D eigenvalue weighted by Gasteiger charge is -2.08. The number of likely N-dealkylation sites (N-methyl/N-ethyl adjacent to an activating group) is 1. The average Bonchev–Trinajstić information content (AvgIpc) is 2.75. The normalized spacial score (nSPS) is 11.5. The van der Waals surface area contributed by atoms with E-state index in [1.807, 2.05) is 49.3 Å². The van der Waals surface area contributed by atoms with Crippen molar-refractivity contribution in [2.24, 2.45) is 0 Å². The summed E-state index contributed by atoms with van der Waals surface area (Å²) in [4.78, 5) is 17.3. The molecule has 3 heteroatoms. The minimum Gasteiger partial charge on any atom is -0.354 e. The van der Waals surface area contributed by atoms with Crippen molar-refractivity contribution in [3.05, 3.63) is 48.0 Å². The number of ketones is 1. The van der Waals surface area contributed by atoms with Crippen molar-refractivity contribution in [3.8, 4) is 0 Å². The predicted octanol–water partition coefficient (Wildman–Crippen LogP) is 3.07. The summed E-state index contributed by atoms with van der Waals surface area (Å²) in [5.41, 5.74) is 2.88. The zero-order valence-corrected chi connectivity index (χ0v) is 11.1. The van der Waals surface area contributed by atoms with Gasteiger partial charge in [-0.3, -0.25) is 4.79 Å². The second-order valence-corrected chi connectivity index (χ2v) is 5.09. The van der Waals surface area contributed by atoms with Crippen LogP contribution in [0.2, 0.25) is 0 Å². The van der Waals surface area contributed by atoms with Gasteiger partial charge in [-0.15, -0.1) is 0 Å². The third-order valence-electron chi connectivity index (χ3n) is 3.29. The van der Waals surface area contributed by atoms with Gasteiger partial charge in [-0.1, -0.05) is 30.3 Å². The molecule has 1 aromatic heterocycles. The van der Waals surface area contributed by atoms with Gasteiger partial charge >= 0.3 is 0 Å². The number of nitrogens with zero attached hydrogens (tertiary/aromatic N) is 1. The van der Waals surface area contributed by atoms with E-state index in [-0.39, 0.29) is 5.78 Å². The number of carbonyl (C=O) groups is 1. The zero-order chi connectivity index (χ0) is 13.4. The molecule has 0 aliphatic heterocycles. The van der Waals surface area contributed by atoms with Gasteiger partial charge in [0.05, 0.1) is 6.54 Å². The Kier molecular flexibility index (Phi) is 2.84. The van der Waals surface area contributed by atoms with Crippen molar-refractivity contribution in [1.29, 1.82) is 0 Å². The molecule has 2 aromatic carbocycles. The number of aromatic nitrogens is 1. The number of hydrogen-bond donors (Lipinski definition) is 1. The van der Waals surface area contributed by atoms with Crippen LogP contribution in [0.1, 0.15) is 10.4 Å². The monoisotopic (exact) mass is 252 g/mol. The number of fused-ring (bicyclic) bond motifs is 3. The van der Waals surface area contributed by atoms with Crippen LogP contribution in [-0.2, 0) is 0 Å². The molecule has 0 aliphatic carbocycles. The van der Waals surface area contributed by atoms with Crippen molar-refractivity contribution in [1.82, 2.24) is 9.88 Å². The highest BCUT2D eigenvalue weighted by atomic mass is 16.1. The number of carbonyl (C=O) groups excluding carboxylic acids is 1. The summed E-state index contributed by atoms with van der Waals surface area (Å²) < 4.78 is 0. The van der Waals surface area contributed by atoms with Crippen molar-refractivity contribution < 1.29 is 4.79 Å². The lowest BCUT2D eigenvalue weighted by atomic mass is 10.1. The van der Waals surface area contributed by atoms with E-state index in [0.717, 1.165) is 22.0 Å². The van der Waals surface area contributed by atoms with E-state index in [1.165, 1.54) is 5.39 Å². The molecule has 0 spiro atoms. The molecule has 0 radical (unpaired) electrons. The molecule has 1 N–H and O–H groups in total. The van der Waals surface area contributed by atoms with E-state index in [4.69, 9.17) is 0 Å². The highest BCUT2D eigenvalue weighted by molar-refractivity contribution is 6.09. The maximum Gasteiger partial charge on any atom is 0.176 e. The Labute approximate surface area is 111 Å². The van der Waals surface area contributed by atoms with Gasteiger partial charge in [-0.2, -0.15) is 0 Å². The van der Waals surface area contributed by atoms with E-state index < -0.39 is 0 Å². The maximum absolute atomic E-state index is 12.1. The first kappa shape index (κ1) is 11.9.